The maximum atomic E-state index is 13.8. The quantitative estimate of drug-likeness (QED) is 0.179. The first-order valence-electron chi connectivity index (χ1n) is 14.8. The van der Waals surface area contributed by atoms with Crippen molar-refractivity contribution in [2.75, 3.05) is 19.7 Å². The molecule has 7 nitrogen and oxygen atoms in total. The molecule has 0 aromatic heterocycles. The Balaban J connectivity index is 1.24. The molecule has 1 fully saturated rings. The molecule has 0 saturated carbocycles. The third kappa shape index (κ3) is 6.31. The predicted molar refractivity (Wildman–Crippen MR) is 172 cm³/mol. The maximum Gasteiger partial charge on any atom is 0.340 e. The van der Waals surface area contributed by atoms with Crippen LogP contribution in [0.15, 0.2) is 109 Å². The summed E-state index contributed by atoms with van der Waals surface area (Å²) in [6.45, 7) is 1.08. The van der Waals surface area contributed by atoms with Crippen LogP contribution in [0.3, 0.4) is 0 Å². The van der Waals surface area contributed by atoms with E-state index in [0.29, 0.717) is 41.3 Å². The Morgan fingerprint density at radius 1 is 0.773 bits per heavy atom. The molecule has 1 amide bonds. The summed E-state index contributed by atoms with van der Waals surface area (Å²) in [6.07, 6.45) is 1.49. The zero-order valence-electron chi connectivity index (χ0n) is 24.2. The molecule has 1 saturated heterocycles. The molecule has 5 aromatic carbocycles. The average molecular weight is 608 g/mol. The molecule has 6 rings (SSSR count). The van der Waals surface area contributed by atoms with Crippen LogP contribution in [0.25, 0.3) is 21.5 Å². The van der Waals surface area contributed by atoms with Gasteiger partial charge in [-0.15, -0.1) is 0 Å². The molecule has 0 radical (unpaired) electrons. The number of likely N-dealkylation sites (tertiary alicyclic amines) is 1. The smallest absolute Gasteiger partial charge is 0.340 e. The van der Waals surface area contributed by atoms with E-state index in [1.807, 2.05) is 71.6 Å². The molecule has 0 bridgehead atoms. The van der Waals surface area contributed by atoms with Crippen LogP contribution < -0.4 is 4.74 Å². The lowest BCUT2D eigenvalue weighted by atomic mass is 9.89. The van der Waals surface area contributed by atoms with Gasteiger partial charge in [-0.3, -0.25) is 14.2 Å². The highest BCUT2D eigenvalue weighted by Crippen LogP contribution is 2.54. The summed E-state index contributed by atoms with van der Waals surface area (Å²) in [5, 5.41) is 3.01. The van der Waals surface area contributed by atoms with E-state index in [1.54, 1.807) is 30.3 Å². The van der Waals surface area contributed by atoms with Crippen molar-refractivity contribution in [2.24, 2.45) is 0 Å². The number of hydrogen-bond acceptors (Lipinski definition) is 4. The minimum absolute atomic E-state index is 0.134. The van der Waals surface area contributed by atoms with Crippen molar-refractivity contribution in [1.29, 1.82) is 0 Å². The van der Waals surface area contributed by atoms with E-state index >= 15 is 0 Å². The Morgan fingerprint density at radius 2 is 1.39 bits per heavy atom. The van der Waals surface area contributed by atoms with Crippen molar-refractivity contribution < 1.29 is 28.7 Å². The number of piperidine rings is 1. The number of ketones is 1. The van der Waals surface area contributed by atoms with Crippen molar-refractivity contribution in [3.63, 3.8) is 0 Å². The molecule has 0 spiro atoms. The lowest BCUT2D eigenvalue weighted by Gasteiger charge is -2.32. The van der Waals surface area contributed by atoms with Gasteiger partial charge in [0.1, 0.15) is 11.4 Å². The summed E-state index contributed by atoms with van der Waals surface area (Å²) in [7, 11) is -4.89. The van der Waals surface area contributed by atoms with Gasteiger partial charge in [-0.05, 0) is 46.0 Å². The summed E-state index contributed by atoms with van der Waals surface area (Å²) >= 11 is 0. The normalized spacial score (nSPS) is 14.9. The minimum Gasteiger partial charge on any atom is -0.483 e. The number of nitrogens with zero attached hydrogens (tertiary/aromatic N) is 1. The number of Topliss-reactive ketones (excluding diaryl/α,β-unsaturated/α-hetero) is 1. The van der Waals surface area contributed by atoms with E-state index in [1.165, 1.54) is 5.56 Å². The number of rotatable bonds is 9. The van der Waals surface area contributed by atoms with E-state index in [2.05, 4.69) is 12.1 Å². The number of ether oxygens (including phenoxy) is 1. The second kappa shape index (κ2) is 12.7. The fraction of sp³-hybridized carbons (Fsp3) is 0.222. The summed E-state index contributed by atoms with van der Waals surface area (Å²) in [4.78, 5) is 49.7. The van der Waals surface area contributed by atoms with Crippen LogP contribution in [0.4, 0.5) is 0 Å². The lowest BCUT2D eigenvalue weighted by Crippen LogP contribution is -2.40. The Morgan fingerprint density at radius 3 is 2.09 bits per heavy atom. The monoisotopic (exact) mass is 607 g/mol. The highest BCUT2D eigenvalue weighted by atomic mass is 31.2. The van der Waals surface area contributed by atoms with Gasteiger partial charge in [-0.25, -0.2) is 0 Å². The number of carbonyl (C=O) groups excluding carboxylic acids is 2. The molecule has 1 aliphatic rings. The number of benzene rings is 5. The third-order valence-electron chi connectivity index (χ3n) is 8.54. The van der Waals surface area contributed by atoms with Gasteiger partial charge in [-0.2, -0.15) is 0 Å². The van der Waals surface area contributed by atoms with E-state index in [9.17, 15) is 23.9 Å². The van der Waals surface area contributed by atoms with Gasteiger partial charge in [0, 0.05) is 30.5 Å². The van der Waals surface area contributed by atoms with E-state index in [4.69, 9.17) is 4.74 Å². The Labute approximate surface area is 256 Å². The topological polar surface area (TPSA) is 104 Å². The van der Waals surface area contributed by atoms with Crippen molar-refractivity contribution >= 4 is 40.8 Å². The van der Waals surface area contributed by atoms with Gasteiger partial charge in [0.2, 0.25) is 0 Å². The van der Waals surface area contributed by atoms with E-state index in [-0.39, 0.29) is 18.9 Å². The van der Waals surface area contributed by atoms with Gasteiger partial charge in [0.25, 0.3) is 5.91 Å². The predicted octanol–water partition coefficient (Wildman–Crippen LogP) is 6.81. The van der Waals surface area contributed by atoms with Crippen LogP contribution in [0.5, 0.6) is 5.75 Å². The Hall–Kier alpha value is -4.29. The van der Waals surface area contributed by atoms with Crippen LogP contribution in [0.1, 0.15) is 41.1 Å². The van der Waals surface area contributed by atoms with Gasteiger partial charge < -0.3 is 19.4 Å². The summed E-state index contributed by atoms with van der Waals surface area (Å²) in [5.74, 6) is 0.0432. The third-order valence-corrected chi connectivity index (χ3v) is 9.78. The van der Waals surface area contributed by atoms with Crippen molar-refractivity contribution in [1.82, 2.24) is 4.90 Å². The molecule has 1 atom stereocenters. The minimum atomic E-state index is -4.89. The first-order chi connectivity index (χ1) is 21.3. The van der Waals surface area contributed by atoms with Crippen LogP contribution in [0, 0.1) is 0 Å². The zero-order chi connectivity index (χ0) is 30.7. The van der Waals surface area contributed by atoms with Gasteiger partial charge >= 0.3 is 7.60 Å². The van der Waals surface area contributed by atoms with Gasteiger partial charge in [0.15, 0.2) is 12.4 Å². The molecular weight excluding hydrogens is 573 g/mol. The summed E-state index contributed by atoms with van der Waals surface area (Å²) < 4.78 is 19.0. The Bertz CT molecular complexity index is 1850. The highest BCUT2D eigenvalue weighted by molar-refractivity contribution is 7.53. The van der Waals surface area contributed by atoms with Crippen molar-refractivity contribution in [3.8, 4) is 5.75 Å². The first kappa shape index (κ1) is 29.8. The van der Waals surface area contributed by atoms with Gasteiger partial charge in [0.05, 0.1) is 0 Å². The SMILES string of the molecule is O=C(Cc1ccc2ccccc2c1OCC(=O)N1CCC(c2ccccc2)CC1)C(c1cccc2ccccc12)P(=O)(O)O. The molecule has 8 heteroatoms. The molecule has 224 valence electrons. The molecule has 1 heterocycles. The molecule has 1 unspecified atom stereocenters. The first-order valence-corrected chi connectivity index (χ1v) is 16.5. The number of hydrogen-bond donors (Lipinski definition) is 2. The second-order valence-corrected chi connectivity index (χ2v) is 13.0. The van der Waals surface area contributed by atoms with E-state index < -0.39 is 19.0 Å². The maximum absolute atomic E-state index is 13.8. The van der Waals surface area contributed by atoms with E-state index in [0.717, 1.165) is 29.0 Å². The Kier molecular flexibility index (Phi) is 8.62. The molecule has 44 heavy (non-hydrogen) atoms. The summed E-state index contributed by atoms with van der Waals surface area (Å²) in [5.41, 5.74) is 0.417. The summed E-state index contributed by atoms with van der Waals surface area (Å²) in [6, 6.07) is 33.8. The molecular formula is C36H34NO6P. The van der Waals surface area contributed by atoms with Crippen molar-refractivity contribution in [2.45, 2.75) is 30.8 Å². The van der Waals surface area contributed by atoms with Crippen LogP contribution in [-0.4, -0.2) is 46.1 Å². The zero-order valence-corrected chi connectivity index (χ0v) is 25.1. The molecule has 0 aliphatic carbocycles. The van der Waals surface area contributed by atoms with Crippen LogP contribution in [0.2, 0.25) is 0 Å². The number of fused-ring (bicyclic) bond motifs is 2. The lowest BCUT2D eigenvalue weighted by molar-refractivity contribution is -0.134. The highest BCUT2D eigenvalue weighted by Gasteiger charge is 2.38. The molecule has 5 aromatic rings. The molecule has 1 aliphatic heterocycles. The van der Waals surface area contributed by atoms with Gasteiger partial charge in [-0.1, -0.05) is 109 Å². The average Bonchev–Trinajstić information content (AvgIpc) is 3.04. The fourth-order valence-corrected chi connectivity index (χ4v) is 7.38. The standard InChI is InChI=1S/C36H34NO6P/c38-33(36(44(40,41)42)32-16-8-13-27-11-4-6-14-30(27)32)23-29-18-17-28-12-5-7-15-31(28)35(29)43-24-34(39)37-21-19-26(20-22-37)25-9-2-1-3-10-25/h1-18,26,36H,19-24H2,(H2,40,41,42). The second-order valence-electron chi connectivity index (χ2n) is 11.3. The van der Waals surface area contributed by atoms with Crippen LogP contribution in [-0.2, 0) is 20.6 Å². The number of carbonyl (C=O) groups is 2. The van der Waals surface area contributed by atoms with Crippen molar-refractivity contribution in [3.05, 3.63) is 126 Å². The largest absolute Gasteiger partial charge is 0.483 e. The fourth-order valence-electron chi connectivity index (χ4n) is 6.33. The number of amides is 1. The molecule has 2 N–H and O–H groups in total. The van der Waals surface area contributed by atoms with Crippen LogP contribution >= 0.6 is 7.60 Å².